The van der Waals surface area contributed by atoms with E-state index in [0.717, 1.165) is 24.6 Å². The number of benzene rings is 1. The highest BCUT2D eigenvalue weighted by atomic mass is 16.3. The van der Waals surface area contributed by atoms with Crippen molar-refractivity contribution in [3.63, 3.8) is 0 Å². The average Bonchev–Trinajstić information content (AvgIpc) is 2.46. The Morgan fingerprint density at radius 1 is 1.21 bits per heavy atom. The largest absolute Gasteiger partial charge is 0.387 e. The number of hydrogen-bond donors (Lipinski definition) is 1. The van der Waals surface area contributed by atoms with Crippen molar-refractivity contribution in [1.82, 2.24) is 4.90 Å². The second kappa shape index (κ2) is 6.53. The van der Waals surface area contributed by atoms with Crippen LogP contribution in [0.1, 0.15) is 50.3 Å². The van der Waals surface area contributed by atoms with Crippen molar-refractivity contribution in [3.8, 4) is 0 Å². The molecule has 2 atom stereocenters. The Morgan fingerprint density at radius 3 is 2.32 bits per heavy atom. The lowest BCUT2D eigenvalue weighted by Gasteiger charge is -2.37. The van der Waals surface area contributed by atoms with E-state index in [-0.39, 0.29) is 12.1 Å². The molecule has 2 heteroatoms. The number of aryl methyl sites for hydroxylation is 1. The lowest BCUT2D eigenvalue weighted by Crippen LogP contribution is -2.42. The molecule has 0 aromatic heterocycles. The molecule has 0 amide bonds. The number of piperidine rings is 1. The molecular formula is C17H27NO. The molecule has 0 bridgehead atoms. The van der Waals surface area contributed by atoms with E-state index in [2.05, 4.69) is 49.9 Å². The van der Waals surface area contributed by atoms with Gasteiger partial charge in [-0.25, -0.2) is 0 Å². The monoisotopic (exact) mass is 261 g/mol. The van der Waals surface area contributed by atoms with Gasteiger partial charge in [0.15, 0.2) is 0 Å². The molecule has 0 aliphatic carbocycles. The fraction of sp³-hybridized carbons (Fsp3) is 0.647. The number of aliphatic hydroxyl groups is 1. The Labute approximate surface area is 117 Å². The van der Waals surface area contributed by atoms with Crippen LogP contribution in [0.3, 0.4) is 0 Å². The zero-order valence-electron chi connectivity index (χ0n) is 12.5. The van der Waals surface area contributed by atoms with E-state index in [1.165, 1.54) is 24.8 Å². The van der Waals surface area contributed by atoms with Crippen molar-refractivity contribution in [1.29, 1.82) is 0 Å². The summed E-state index contributed by atoms with van der Waals surface area (Å²) in [7, 11) is 0. The van der Waals surface area contributed by atoms with E-state index in [9.17, 15) is 5.11 Å². The highest BCUT2D eigenvalue weighted by molar-refractivity contribution is 5.24. The lowest BCUT2D eigenvalue weighted by molar-refractivity contribution is 0.0369. The summed E-state index contributed by atoms with van der Waals surface area (Å²) in [5, 5.41) is 10.5. The van der Waals surface area contributed by atoms with Crippen molar-refractivity contribution in [2.75, 3.05) is 13.1 Å². The standard InChI is InChI=1S/C17H27NO/c1-4-15-9-11-18(12-10-15)14(3)17(19)16-7-5-13(2)6-8-16/h5-8,14-15,17,19H,4,9-12H2,1-3H3. The van der Waals surface area contributed by atoms with Crippen LogP contribution in [0.4, 0.5) is 0 Å². The molecule has 1 fully saturated rings. The maximum absolute atomic E-state index is 10.5. The highest BCUT2D eigenvalue weighted by Crippen LogP contribution is 2.26. The first-order valence-corrected chi connectivity index (χ1v) is 7.60. The molecule has 1 heterocycles. The molecule has 0 saturated carbocycles. The Hall–Kier alpha value is -0.860. The zero-order valence-corrected chi connectivity index (χ0v) is 12.5. The van der Waals surface area contributed by atoms with Crippen molar-refractivity contribution in [2.24, 2.45) is 5.92 Å². The number of aliphatic hydroxyl groups excluding tert-OH is 1. The van der Waals surface area contributed by atoms with Gasteiger partial charge < -0.3 is 5.11 Å². The predicted octanol–water partition coefficient (Wildman–Crippen LogP) is 3.54. The summed E-state index contributed by atoms with van der Waals surface area (Å²) in [6.45, 7) is 8.77. The van der Waals surface area contributed by atoms with Crippen LogP contribution in [0.5, 0.6) is 0 Å². The second-order valence-corrected chi connectivity index (χ2v) is 5.98. The van der Waals surface area contributed by atoms with E-state index in [1.807, 2.05) is 0 Å². The van der Waals surface area contributed by atoms with Gasteiger partial charge in [0.05, 0.1) is 6.10 Å². The molecule has 0 radical (unpaired) electrons. The molecule has 2 nitrogen and oxygen atoms in total. The smallest absolute Gasteiger partial charge is 0.0942 e. The Morgan fingerprint density at radius 2 is 1.79 bits per heavy atom. The van der Waals surface area contributed by atoms with Gasteiger partial charge in [0.25, 0.3) is 0 Å². The van der Waals surface area contributed by atoms with Gasteiger partial charge >= 0.3 is 0 Å². The number of nitrogens with zero attached hydrogens (tertiary/aromatic N) is 1. The van der Waals surface area contributed by atoms with Crippen LogP contribution >= 0.6 is 0 Å². The minimum Gasteiger partial charge on any atom is -0.387 e. The maximum atomic E-state index is 10.5. The average molecular weight is 261 g/mol. The van der Waals surface area contributed by atoms with Crippen LogP contribution in [-0.4, -0.2) is 29.1 Å². The van der Waals surface area contributed by atoms with Crippen LogP contribution in [0.25, 0.3) is 0 Å². The van der Waals surface area contributed by atoms with E-state index in [0.29, 0.717) is 0 Å². The summed E-state index contributed by atoms with van der Waals surface area (Å²) < 4.78 is 0. The fourth-order valence-electron chi connectivity index (χ4n) is 3.01. The third-order valence-corrected chi connectivity index (χ3v) is 4.68. The first-order chi connectivity index (χ1) is 9.11. The SMILES string of the molecule is CCC1CCN(C(C)C(O)c2ccc(C)cc2)CC1. The molecule has 1 aliphatic heterocycles. The van der Waals surface area contributed by atoms with Crippen LogP contribution in [0, 0.1) is 12.8 Å². The van der Waals surface area contributed by atoms with Crippen molar-refractivity contribution >= 4 is 0 Å². The van der Waals surface area contributed by atoms with Gasteiger partial charge in [0.1, 0.15) is 0 Å². The summed E-state index contributed by atoms with van der Waals surface area (Å²) in [6, 6.07) is 8.47. The van der Waals surface area contributed by atoms with Crippen LogP contribution in [0.2, 0.25) is 0 Å². The van der Waals surface area contributed by atoms with Gasteiger partial charge in [0.2, 0.25) is 0 Å². The van der Waals surface area contributed by atoms with Gasteiger partial charge in [-0.05, 0) is 51.3 Å². The molecule has 1 N–H and O–H groups in total. The van der Waals surface area contributed by atoms with E-state index < -0.39 is 0 Å². The van der Waals surface area contributed by atoms with Gasteiger partial charge in [0, 0.05) is 6.04 Å². The van der Waals surface area contributed by atoms with E-state index in [4.69, 9.17) is 0 Å². The van der Waals surface area contributed by atoms with Crippen LogP contribution in [0.15, 0.2) is 24.3 Å². The van der Waals surface area contributed by atoms with E-state index >= 15 is 0 Å². The quantitative estimate of drug-likeness (QED) is 0.896. The van der Waals surface area contributed by atoms with Gasteiger partial charge in [-0.15, -0.1) is 0 Å². The molecule has 2 rings (SSSR count). The first kappa shape index (κ1) is 14.5. The number of likely N-dealkylation sites (tertiary alicyclic amines) is 1. The van der Waals surface area contributed by atoms with Crippen molar-refractivity contribution < 1.29 is 5.11 Å². The maximum Gasteiger partial charge on any atom is 0.0942 e. The van der Waals surface area contributed by atoms with Gasteiger partial charge in [-0.3, -0.25) is 4.90 Å². The number of hydrogen-bond acceptors (Lipinski definition) is 2. The molecular weight excluding hydrogens is 234 g/mol. The van der Waals surface area contributed by atoms with Crippen molar-refractivity contribution in [2.45, 2.75) is 52.2 Å². The molecule has 19 heavy (non-hydrogen) atoms. The summed E-state index contributed by atoms with van der Waals surface area (Å²) in [5.41, 5.74) is 2.28. The zero-order chi connectivity index (χ0) is 13.8. The van der Waals surface area contributed by atoms with Crippen LogP contribution < -0.4 is 0 Å². The third-order valence-electron chi connectivity index (χ3n) is 4.68. The topological polar surface area (TPSA) is 23.5 Å². The third kappa shape index (κ3) is 3.58. The molecule has 106 valence electrons. The highest BCUT2D eigenvalue weighted by Gasteiger charge is 2.26. The predicted molar refractivity (Wildman–Crippen MR) is 80.2 cm³/mol. The molecule has 0 spiro atoms. The second-order valence-electron chi connectivity index (χ2n) is 5.98. The summed E-state index contributed by atoms with van der Waals surface area (Å²) in [4.78, 5) is 2.44. The van der Waals surface area contributed by atoms with Crippen molar-refractivity contribution in [3.05, 3.63) is 35.4 Å². The Bertz CT molecular complexity index is 379. The fourth-order valence-corrected chi connectivity index (χ4v) is 3.01. The minimum atomic E-state index is -0.376. The normalized spacial score (nSPS) is 21.3. The van der Waals surface area contributed by atoms with Gasteiger partial charge in [-0.2, -0.15) is 0 Å². The molecule has 1 aliphatic rings. The summed E-state index contributed by atoms with van der Waals surface area (Å²) >= 11 is 0. The Kier molecular flexibility index (Phi) is 5.00. The first-order valence-electron chi connectivity index (χ1n) is 7.60. The molecule has 1 aromatic rings. The van der Waals surface area contributed by atoms with Gasteiger partial charge in [-0.1, -0.05) is 43.2 Å². The Balaban J connectivity index is 1.95. The number of rotatable bonds is 4. The molecule has 1 saturated heterocycles. The van der Waals surface area contributed by atoms with E-state index in [1.54, 1.807) is 0 Å². The summed E-state index contributed by atoms with van der Waals surface area (Å²) in [6.07, 6.45) is 3.48. The summed E-state index contributed by atoms with van der Waals surface area (Å²) in [5.74, 6) is 0.889. The lowest BCUT2D eigenvalue weighted by atomic mass is 9.92. The van der Waals surface area contributed by atoms with Crippen LogP contribution in [-0.2, 0) is 0 Å². The minimum absolute atomic E-state index is 0.209. The molecule has 1 aromatic carbocycles. The molecule has 2 unspecified atom stereocenters.